The summed E-state index contributed by atoms with van der Waals surface area (Å²) in [7, 11) is 0. The van der Waals surface area contributed by atoms with Gasteiger partial charge < -0.3 is 10.4 Å². The maximum Gasteiger partial charge on any atom is 0.321 e. The summed E-state index contributed by atoms with van der Waals surface area (Å²) in [5, 5.41) is 15.2. The highest BCUT2D eigenvalue weighted by molar-refractivity contribution is 7.15. The van der Waals surface area contributed by atoms with Crippen LogP contribution in [0.15, 0.2) is 6.20 Å². The Hall–Kier alpha value is -1.14. The number of carbonyl (C=O) groups is 1. The molecule has 19 heavy (non-hydrogen) atoms. The van der Waals surface area contributed by atoms with Crippen LogP contribution in [0.25, 0.3) is 0 Å². The van der Waals surface area contributed by atoms with Gasteiger partial charge in [0.1, 0.15) is 0 Å². The molecule has 1 fully saturated rings. The smallest absolute Gasteiger partial charge is 0.321 e. The largest absolute Gasteiger partial charge is 0.396 e. The van der Waals surface area contributed by atoms with Crippen molar-refractivity contribution in [2.75, 3.05) is 11.9 Å². The minimum absolute atomic E-state index is 0.0520. The number of hydrogen-bond donors (Lipinski definition) is 3. The number of aromatic nitrogens is 1. The van der Waals surface area contributed by atoms with Crippen LogP contribution in [0.4, 0.5) is 9.93 Å². The Kier molecular flexibility index (Phi) is 4.10. The van der Waals surface area contributed by atoms with Crippen molar-refractivity contribution in [2.24, 2.45) is 5.92 Å². The number of rotatable bonds is 3. The highest BCUT2D eigenvalue weighted by Gasteiger charge is 2.29. The first-order chi connectivity index (χ1) is 8.88. The molecule has 2 rings (SSSR count). The highest BCUT2D eigenvalue weighted by Crippen LogP contribution is 2.30. The summed E-state index contributed by atoms with van der Waals surface area (Å²) in [6.45, 7) is 6.57. The SMILES string of the molecule is CC(C)(C)c1cnc(NC(=O)NC2CC(CO)C2)s1. The van der Waals surface area contributed by atoms with Crippen molar-refractivity contribution in [3.8, 4) is 0 Å². The Morgan fingerprint density at radius 2 is 2.21 bits per heavy atom. The van der Waals surface area contributed by atoms with Crippen LogP contribution in [0.3, 0.4) is 0 Å². The summed E-state index contributed by atoms with van der Waals surface area (Å²) in [5.41, 5.74) is 0.0520. The van der Waals surface area contributed by atoms with E-state index in [2.05, 4.69) is 36.4 Å². The maximum absolute atomic E-state index is 11.8. The van der Waals surface area contributed by atoms with E-state index >= 15 is 0 Å². The lowest BCUT2D eigenvalue weighted by Crippen LogP contribution is -2.46. The molecule has 0 aromatic carbocycles. The summed E-state index contributed by atoms with van der Waals surface area (Å²) in [5.74, 6) is 0.345. The summed E-state index contributed by atoms with van der Waals surface area (Å²) in [6.07, 6.45) is 3.52. The van der Waals surface area contributed by atoms with Crippen molar-refractivity contribution >= 4 is 22.5 Å². The van der Waals surface area contributed by atoms with E-state index < -0.39 is 0 Å². The van der Waals surface area contributed by atoms with E-state index in [9.17, 15) is 4.79 Å². The van der Waals surface area contributed by atoms with E-state index in [0.717, 1.165) is 17.7 Å². The van der Waals surface area contributed by atoms with E-state index in [1.165, 1.54) is 11.3 Å². The molecule has 106 valence electrons. The minimum atomic E-state index is -0.212. The van der Waals surface area contributed by atoms with Gasteiger partial charge in [-0.15, -0.1) is 11.3 Å². The van der Waals surface area contributed by atoms with Gasteiger partial charge in [0.2, 0.25) is 0 Å². The van der Waals surface area contributed by atoms with Crippen LogP contribution in [0.5, 0.6) is 0 Å². The Balaban J connectivity index is 1.81. The average Bonchev–Trinajstić information content (AvgIpc) is 2.70. The fourth-order valence-corrected chi connectivity index (χ4v) is 2.87. The van der Waals surface area contributed by atoms with Crippen molar-refractivity contribution in [3.05, 3.63) is 11.1 Å². The molecular weight excluding hydrogens is 262 g/mol. The van der Waals surface area contributed by atoms with E-state index in [4.69, 9.17) is 5.11 Å². The molecule has 0 bridgehead atoms. The monoisotopic (exact) mass is 283 g/mol. The predicted octanol–water partition coefficient (Wildman–Crippen LogP) is 2.33. The third-order valence-corrected chi connectivity index (χ3v) is 4.63. The van der Waals surface area contributed by atoms with Crippen molar-refractivity contribution in [1.82, 2.24) is 10.3 Å². The Labute approximate surface area is 117 Å². The number of aliphatic hydroxyl groups is 1. The molecule has 3 N–H and O–H groups in total. The summed E-state index contributed by atoms with van der Waals surface area (Å²) in [6, 6.07) is -0.0320. The number of nitrogens with one attached hydrogen (secondary N) is 2. The quantitative estimate of drug-likeness (QED) is 0.797. The topological polar surface area (TPSA) is 74.2 Å². The fourth-order valence-electron chi connectivity index (χ4n) is 2.00. The van der Waals surface area contributed by atoms with Gasteiger partial charge in [0.05, 0.1) is 0 Å². The molecule has 1 aromatic heterocycles. The number of aliphatic hydroxyl groups excluding tert-OH is 1. The lowest BCUT2D eigenvalue weighted by atomic mass is 9.81. The van der Waals surface area contributed by atoms with Crippen LogP contribution < -0.4 is 10.6 Å². The fraction of sp³-hybridized carbons (Fsp3) is 0.692. The van der Waals surface area contributed by atoms with Gasteiger partial charge in [-0.25, -0.2) is 9.78 Å². The zero-order chi connectivity index (χ0) is 14.0. The Bertz CT molecular complexity index is 447. The molecule has 0 saturated heterocycles. The lowest BCUT2D eigenvalue weighted by Gasteiger charge is -2.34. The van der Waals surface area contributed by atoms with Crippen molar-refractivity contribution in [2.45, 2.75) is 45.1 Å². The third kappa shape index (κ3) is 3.67. The number of nitrogens with zero attached hydrogens (tertiary/aromatic N) is 1. The number of amides is 2. The van der Waals surface area contributed by atoms with Crippen LogP contribution in [0.2, 0.25) is 0 Å². The predicted molar refractivity (Wildman–Crippen MR) is 76.6 cm³/mol. The van der Waals surface area contributed by atoms with Gasteiger partial charge in [-0.3, -0.25) is 5.32 Å². The summed E-state index contributed by atoms with van der Waals surface area (Å²) in [4.78, 5) is 17.1. The molecule has 1 saturated carbocycles. The minimum Gasteiger partial charge on any atom is -0.396 e. The van der Waals surface area contributed by atoms with Gasteiger partial charge >= 0.3 is 6.03 Å². The number of thiazole rings is 1. The van der Waals surface area contributed by atoms with Crippen molar-refractivity contribution in [1.29, 1.82) is 0 Å². The molecule has 2 amide bonds. The number of anilines is 1. The first kappa shape index (κ1) is 14.3. The van der Waals surface area contributed by atoms with E-state index in [-0.39, 0.29) is 24.1 Å². The Morgan fingerprint density at radius 1 is 1.53 bits per heavy atom. The van der Waals surface area contributed by atoms with Crippen LogP contribution >= 0.6 is 11.3 Å². The first-order valence-corrected chi connectivity index (χ1v) is 7.35. The van der Waals surface area contributed by atoms with Gasteiger partial charge in [0.15, 0.2) is 5.13 Å². The second kappa shape index (κ2) is 5.46. The average molecular weight is 283 g/mol. The highest BCUT2D eigenvalue weighted by atomic mass is 32.1. The van der Waals surface area contributed by atoms with Crippen LogP contribution in [0.1, 0.15) is 38.5 Å². The molecular formula is C13H21N3O2S. The summed E-state index contributed by atoms with van der Waals surface area (Å²) < 4.78 is 0. The van der Waals surface area contributed by atoms with Crippen molar-refractivity contribution < 1.29 is 9.90 Å². The molecule has 0 unspecified atom stereocenters. The molecule has 1 heterocycles. The van der Waals surface area contributed by atoms with Gasteiger partial charge in [-0.1, -0.05) is 20.8 Å². The molecule has 0 radical (unpaired) electrons. The molecule has 0 aliphatic heterocycles. The lowest BCUT2D eigenvalue weighted by molar-refractivity contribution is 0.130. The zero-order valence-corrected chi connectivity index (χ0v) is 12.4. The van der Waals surface area contributed by atoms with Gasteiger partial charge in [-0.05, 0) is 24.2 Å². The number of urea groups is 1. The summed E-state index contributed by atoms with van der Waals surface area (Å²) >= 11 is 1.50. The molecule has 1 aromatic rings. The molecule has 0 spiro atoms. The van der Waals surface area contributed by atoms with Crippen molar-refractivity contribution in [3.63, 3.8) is 0 Å². The second-order valence-electron chi connectivity index (χ2n) is 6.10. The maximum atomic E-state index is 11.8. The first-order valence-electron chi connectivity index (χ1n) is 6.53. The van der Waals surface area contributed by atoms with Gasteiger partial charge in [-0.2, -0.15) is 0 Å². The Morgan fingerprint density at radius 3 is 2.74 bits per heavy atom. The van der Waals surface area contributed by atoms with E-state index in [1.54, 1.807) is 0 Å². The van der Waals surface area contributed by atoms with E-state index in [0.29, 0.717) is 11.0 Å². The van der Waals surface area contributed by atoms with Gasteiger partial charge in [0.25, 0.3) is 0 Å². The molecule has 5 nitrogen and oxygen atoms in total. The molecule has 6 heteroatoms. The normalized spacial score (nSPS) is 22.7. The number of hydrogen-bond acceptors (Lipinski definition) is 4. The molecule has 1 aliphatic rings. The molecule has 0 atom stereocenters. The van der Waals surface area contributed by atoms with Crippen LogP contribution in [-0.4, -0.2) is 28.8 Å². The van der Waals surface area contributed by atoms with Crippen LogP contribution in [0, 0.1) is 5.92 Å². The van der Waals surface area contributed by atoms with Gasteiger partial charge in [0, 0.05) is 23.7 Å². The second-order valence-corrected chi connectivity index (χ2v) is 7.13. The molecule has 1 aliphatic carbocycles. The zero-order valence-electron chi connectivity index (χ0n) is 11.6. The van der Waals surface area contributed by atoms with Crippen LogP contribution in [-0.2, 0) is 5.41 Å². The number of carbonyl (C=O) groups excluding carboxylic acids is 1. The van der Waals surface area contributed by atoms with E-state index in [1.807, 2.05) is 6.20 Å². The standard InChI is InChI=1S/C13H21N3O2S/c1-13(2,3)10-6-14-12(19-10)16-11(18)15-9-4-8(5-9)7-17/h6,8-9,17H,4-5,7H2,1-3H3,(H2,14,15,16,18). The third-order valence-electron chi connectivity index (χ3n) is 3.29.